The van der Waals surface area contributed by atoms with Crippen LogP contribution in [0.25, 0.3) is 11.1 Å². The van der Waals surface area contributed by atoms with Gasteiger partial charge < -0.3 is 0 Å². The third-order valence-electron chi connectivity index (χ3n) is 2.49. The number of rotatable bonds is 1. The Balaban J connectivity index is 2.67. The van der Waals surface area contributed by atoms with E-state index < -0.39 is 0 Å². The molecule has 0 nitrogen and oxygen atoms in total. The molecule has 0 amide bonds. The molecule has 0 atom stereocenters. The van der Waals surface area contributed by atoms with E-state index in [0.29, 0.717) is 15.6 Å². The van der Waals surface area contributed by atoms with Crippen molar-refractivity contribution < 1.29 is 4.39 Å². The molecule has 0 aliphatic rings. The van der Waals surface area contributed by atoms with Crippen LogP contribution in [-0.2, 0) is 0 Å². The zero-order valence-electron chi connectivity index (χ0n) is 8.60. The summed E-state index contributed by atoms with van der Waals surface area (Å²) in [7, 11) is 0. The largest absolute Gasteiger partial charge is 0.207 e. The van der Waals surface area contributed by atoms with Crippen LogP contribution in [0.1, 0.15) is 5.56 Å². The molecule has 0 unspecified atom stereocenters. The van der Waals surface area contributed by atoms with E-state index >= 15 is 0 Å². The lowest BCUT2D eigenvalue weighted by molar-refractivity contribution is 0.619. The summed E-state index contributed by atoms with van der Waals surface area (Å²) < 4.78 is 13.4. The van der Waals surface area contributed by atoms with E-state index in [-0.39, 0.29) is 5.82 Å². The monoisotopic (exact) mass is 254 g/mol. The zero-order chi connectivity index (χ0) is 11.7. The minimum atomic E-state index is -0.242. The van der Waals surface area contributed by atoms with Crippen LogP contribution in [0.5, 0.6) is 0 Å². The molecule has 0 spiro atoms. The summed E-state index contributed by atoms with van der Waals surface area (Å²) in [6.07, 6.45) is 0. The van der Waals surface area contributed by atoms with Crippen molar-refractivity contribution >= 4 is 23.2 Å². The number of halogens is 3. The van der Waals surface area contributed by atoms with Gasteiger partial charge in [-0.3, -0.25) is 0 Å². The molecule has 16 heavy (non-hydrogen) atoms. The molecule has 0 heterocycles. The highest BCUT2D eigenvalue weighted by molar-refractivity contribution is 6.35. The molecule has 2 aromatic carbocycles. The Labute approximate surface area is 104 Å². The number of hydrogen-bond donors (Lipinski definition) is 0. The fraction of sp³-hybridized carbons (Fsp3) is 0.0769. The molecule has 0 N–H and O–H groups in total. The lowest BCUT2D eigenvalue weighted by atomic mass is 10.0. The van der Waals surface area contributed by atoms with Crippen LogP contribution in [0.3, 0.4) is 0 Å². The van der Waals surface area contributed by atoms with E-state index in [0.717, 1.165) is 11.1 Å². The summed E-state index contributed by atoms with van der Waals surface area (Å²) in [5.74, 6) is -0.242. The van der Waals surface area contributed by atoms with E-state index in [4.69, 9.17) is 23.2 Å². The molecular weight excluding hydrogens is 246 g/mol. The molecule has 0 saturated heterocycles. The Bertz CT molecular complexity index is 535. The first-order valence-electron chi connectivity index (χ1n) is 4.80. The van der Waals surface area contributed by atoms with Gasteiger partial charge >= 0.3 is 0 Å². The van der Waals surface area contributed by atoms with Gasteiger partial charge in [0.25, 0.3) is 0 Å². The highest BCUT2D eigenvalue weighted by Crippen LogP contribution is 2.33. The van der Waals surface area contributed by atoms with Crippen molar-refractivity contribution in [3.8, 4) is 11.1 Å². The minimum absolute atomic E-state index is 0.242. The maximum absolute atomic E-state index is 13.4. The Morgan fingerprint density at radius 1 is 1.00 bits per heavy atom. The second-order valence-corrected chi connectivity index (χ2v) is 4.38. The third kappa shape index (κ3) is 2.06. The fourth-order valence-corrected chi connectivity index (χ4v) is 1.99. The second-order valence-electron chi connectivity index (χ2n) is 3.54. The van der Waals surface area contributed by atoms with Crippen LogP contribution in [0.2, 0.25) is 10.0 Å². The first-order valence-corrected chi connectivity index (χ1v) is 5.55. The van der Waals surface area contributed by atoms with Crippen LogP contribution in [-0.4, -0.2) is 0 Å². The van der Waals surface area contributed by atoms with Gasteiger partial charge in [0.05, 0.1) is 0 Å². The Kier molecular flexibility index (Phi) is 3.17. The summed E-state index contributed by atoms with van der Waals surface area (Å²) in [6, 6.07) is 10.1. The van der Waals surface area contributed by atoms with Gasteiger partial charge in [0.1, 0.15) is 5.82 Å². The predicted octanol–water partition coefficient (Wildman–Crippen LogP) is 5.11. The Hall–Kier alpha value is -1.05. The molecule has 3 heteroatoms. The molecule has 2 aromatic rings. The summed E-state index contributed by atoms with van der Waals surface area (Å²) in [4.78, 5) is 0. The molecule has 0 radical (unpaired) electrons. The van der Waals surface area contributed by atoms with Gasteiger partial charge in [0.2, 0.25) is 0 Å². The number of benzene rings is 2. The molecule has 0 aliphatic heterocycles. The van der Waals surface area contributed by atoms with Gasteiger partial charge in [-0.05, 0) is 42.3 Å². The van der Waals surface area contributed by atoms with Crippen molar-refractivity contribution in [1.82, 2.24) is 0 Å². The van der Waals surface area contributed by atoms with Crippen LogP contribution >= 0.6 is 23.2 Å². The molecule has 0 aliphatic carbocycles. The molecule has 0 fully saturated rings. The van der Waals surface area contributed by atoms with Crippen LogP contribution in [0.15, 0.2) is 36.4 Å². The summed E-state index contributed by atoms with van der Waals surface area (Å²) >= 11 is 12.0. The van der Waals surface area contributed by atoms with E-state index in [1.807, 2.05) is 6.07 Å². The summed E-state index contributed by atoms with van der Waals surface area (Å²) in [6.45, 7) is 1.72. The topological polar surface area (TPSA) is 0 Å². The molecule has 0 aromatic heterocycles. The van der Waals surface area contributed by atoms with Gasteiger partial charge in [-0.1, -0.05) is 35.3 Å². The maximum Gasteiger partial charge on any atom is 0.126 e. The van der Waals surface area contributed by atoms with Crippen molar-refractivity contribution in [2.75, 3.05) is 0 Å². The van der Waals surface area contributed by atoms with E-state index in [9.17, 15) is 4.39 Å². The first kappa shape index (κ1) is 11.4. The Morgan fingerprint density at radius 3 is 2.50 bits per heavy atom. The van der Waals surface area contributed by atoms with E-state index in [1.165, 1.54) is 6.07 Å². The average Bonchev–Trinajstić information content (AvgIpc) is 2.26. The van der Waals surface area contributed by atoms with Crippen LogP contribution in [0, 0.1) is 12.7 Å². The molecular formula is C13H9Cl2F. The molecule has 82 valence electrons. The maximum atomic E-state index is 13.4. The SMILES string of the molecule is Cc1c(F)cccc1-c1cc(Cl)ccc1Cl. The fourth-order valence-electron chi connectivity index (χ4n) is 1.60. The molecule has 0 saturated carbocycles. The van der Waals surface area contributed by atoms with E-state index in [1.54, 1.807) is 31.2 Å². The normalized spacial score (nSPS) is 10.5. The standard InChI is InChI=1S/C13H9Cl2F/c1-8-10(3-2-4-13(8)16)11-7-9(14)5-6-12(11)15/h2-7H,1H3. The minimum Gasteiger partial charge on any atom is -0.207 e. The van der Waals surface area contributed by atoms with Gasteiger partial charge in [-0.2, -0.15) is 0 Å². The quantitative estimate of drug-likeness (QED) is 0.664. The number of hydrogen-bond acceptors (Lipinski definition) is 0. The Morgan fingerprint density at radius 2 is 1.75 bits per heavy atom. The first-order chi connectivity index (χ1) is 7.59. The smallest absolute Gasteiger partial charge is 0.126 e. The lowest BCUT2D eigenvalue weighted by Crippen LogP contribution is -1.88. The lowest BCUT2D eigenvalue weighted by Gasteiger charge is -2.09. The van der Waals surface area contributed by atoms with Crippen molar-refractivity contribution in [3.05, 3.63) is 57.8 Å². The molecule has 0 bridgehead atoms. The average molecular weight is 255 g/mol. The van der Waals surface area contributed by atoms with Crippen LogP contribution < -0.4 is 0 Å². The van der Waals surface area contributed by atoms with Gasteiger partial charge in [-0.25, -0.2) is 4.39 Å². The third-order valence-corrected chi connectivity index (χ3v) is 3.05. The molecule has 2 rings (SSSR count). The van der Waals surface area contributed by atoms with Gasteiger partial charge in [0.15, 0.2) is 0 Å². The van der Waals surface area contributed by atoms with Crippen molar-refractivity contribution in [1.29, 1.82) is 0 Å². The van der Waals surface area contributed by atoms with Crippen molar-refractivity contribution in [2.45, 2.75) is 6.92 Å². The van der Waals surface area contributed by atoms with Crippen LogP contribution in [0.4, 0.5) is 4.39 Å². The highest BCUT2D eigenvalue weighted by atomic mass is 35.5. The van der Waals surface area contributed by atoms with Crippen molar-refractivity contribution in [3.63, 3.8) is 0 Å². The summed E-state index contributed by atoms with van der Waals surface area (Å²) in [5.41, 5.74) is 2.10. The predicted molar refractivity (Wildman–Crippen MR) is 66.6 cm³/mol. The summed E-state index contributed by atoms with van der Waals surface area (Å²) in [5, 5.41) is 1.15. The van der Waals surface area contributed by atoms with Gasteiger partial charge in [-0.15, -0.1) is 0 Å². The highest BCUT2D eigenvalue weighted by Gasteiger charge is 2.09. The van der Waals surface area contributed by atoms with E-state index in [2.05, 4.69) is 0 Å². The van der Waals surface area contributed by atoms with Crippen molar-refractivity contribution in [2.24, 2.45) is 0 Å². The zero-order valence-corrected chi connectivity index (χ0v) is 10.1. The second kappa shape index (κ2) is 4.44. The van der Waals surface area contributed by atoms with Gasteiger partial charge in [0, 0.05) is 15.6 Å².